The van der Waals surface area contributed by atoms with Crippen molar-refractivity contribution in [2.75, 3.05) is 44.7 Å². The van der Waals surface area contributed by atoms with Crippen molar-refractivity contribution in [3.8, 4) is 17.3 Å². The molecule has 3 saturated heterocycles. The molecule has 13 heteroatoms. The molecule has 0 aliphatic carbocycles. The van der Waals surface area contributed by atoms with E-state index in [1.54, 1.807) is 35.2 Å². The molecule has 49 heavy (non-hydrogen) atoms. The van der Waals surface area contributed by atoms with Crippen LogP contribution in [0, 0.1) is 5.82 Å². The third kappa shape index (κ3) is 6.21. The number of hydrogen-bond donors (Lipinski definition) is 0. The molecule has 2 aromatic heterocycles. The molecule has 7 rings (SSSR count). The summed E-state index contributed by atoms with van der Waals surface area (Å²) >= 11 is 0. The summed E-state index contributed by atoms with van der Waals surface area (Å²) in [6.45, 7) is 7.51. The summed E-state index contributed by atoms with van der Waals surface area (Å²) in [5.74, 6) is -0.459. The predicted molar refractivity (Wildman–Crippen MR) is 178 cm³/mol. The lowest BCUT2D eigenvalue weighted by atomic mass is 9.95. The fourth-order valence-electron chi connectivity index (χ4n) is 7.66. The van der Waals surface area contributed by atoms with Crippen molar-refractivity contribution in [1.82, 2.24) is 24.8 Å². The van der Waals surface area contributed by atoms with Gasteiger partial charge in [0.25, 0.3) is 6.43 Å². The molecule has 0 bridgehead atoms. The Bertz CT molecular complexity index is 1900. The highest BCUT2D eigenvalue weighted by atomic mass is 19.3. The maximum atomic E-state index is 16.8. The summed E-state index contributed by atoms with van der Waals surface area (Å²) in [5, 5.41) is 1.04. The maximum Gasteiger partial charge on any atom is 0.410 e. The molecule has 0 unspecified atom stereocenters. The van der Waals surface area contributed by atoms with Gasteiger partial charge in [-0.25, -0.2) is 22.4 Å². The highest BCUT2D eigenvalue weighted by Crippen LogP contribution is 2.42. The molecule has 4 aromatic rings. The quantitative estimate of drug-likeness (QED) is 0.188. The van der Waals surface area contributed by atoms with E-state index in [9.17, 15) is 18.0 Å². The first kappa shape index (κ1) is 33.2. The first-order valence-electron chi connectivity index (χ1n) is 16.7. The van der Waals surface area contributed by atoms with Gasteiger partial charge in [0.1, 0.15) is 35.4 Å². The SMILES string of the molecule is CN(c1nc(OC[C@@]23CCCN2C[C@H](F)C3)nc2c(F)c(-c3cccc4cccc(C(F)F)c34)ncc12)[C@@H]1CCN(C(=O)OC(C)(C)C)C1. The number of nitrogens with zero attached hydrogens (tertiary/aromatic N) is 6. The van der Waals surface area contributed by atoms with Crippen LogP contribution in [-0.2, 0) is 4.74 Å². The molecule has 0 spiro atoms. The van der Waals surface area contributed by atoms with Gasteiger partial charge in [0.05, 0.1) is 10.9 Å². The van der Waals surface area contributed by atoms with E-state index >= 15 is 4.39 Å². The first-order chi connectivity index (χ1) is 23.3. The van der Waals surface area contributed by atoms with Gasteiger partial charge in [0, 0.05) is 61.9 Å². The Morgan fingerprint density at radius 1 is 1.12 bits per heavy atom. The van der Waals surface area contributed by atoms with Crippen LogP contribution in [0.3, 0.4) is 0 Å². The highest BCUT2D eigenvalue weighted by molar-refractivity contribution is 6.00. The fraction of sp³-hybridized carbons (Fsp3) is 0.500. The molecule has 3 atom stereocenters. The number of alkyl halides is 3. The zero-order valence-corrected chi connectivity index (χ0v) is 28.1. The molecular weight excluding hydrogens is 640 g/mol. The van der Waals surface area contributed by atoms with Gasteiger partial charge >= 0.3 is 12.1 Å². The lowest BCUT2D eigenvalue weighted by Crippen LogP contribution is -2.43. The Labute approximate surface area is 282 Å². The van der Waals surface area contributed by atoms with Crippen molar-refractivity contribution in [1.29, 1.82) is 0 Å². The number of carbonyl (C=O) groups excluding carboxylic acids is 1. The van der Waals surface area contributed by atoms with Crippen LogP contribution in [0.4, 0.5) is 28.2 Å². The number of halogens is 4. The standard InChI is InChI=1S/C36H40F4N6O3/c1-35(2,3)49-34(47)45-15-12-23(19-45)44(4)32-26-17-41-29(24-10-5-8-21-9-6-11-25(27(21)24)31(39)40)28(38)30(26)42-33(43-32)48-20-36-13-7-14-46(36)18-22(37)16-36/h5-6,8-11,17,22-23,31H,7,12-16,18-20H2,1-4H3/t22-,23-,36+/m1/s1. The number of likely N-dealkylation sites (tertiary alicyclic amines) is 1. The number of hydrogen-bond acceptors (Lipinski definition) is 8. The zero-order chi connectivity index (χ0) is 34.7. The van der Waals surface area contributed by atoms with Gasteiger partial charge in [-0.1, -0.05) is 36.4 Å². The van der Waals surface area contributed by atoms with Gasteiger partial charge in [-0.3, -0.25) is 9.88 Å². The second-order valence-electron chi connectivity index (χ2n) is 14.4. The van der Waals surface area contributed by atoms with Crippen LogP contribution in [0.15, 0.2) is 42.6 Å². The van der Waals surface area contributed by atoms with Crippen LogP contribution >= 0.6 is 0 Å². The van der Waals surface area contributed by atoms with Crippen molar-refractivity contribution in [3.05, 3.63) is 54.0 Å². The average Bonchev–Trinajstić information content (AvgIpc) is 3.77. The van der Waals surface area contributed by atoms with Crippen molar-refractivity contribution in [3.63, 3.8) is 0 Å². The third-order valence-corrected chi connectivity index (χ3v) is 10.00. The van der Waals surface area contributed by atoms with Crippen molar-refractivity contribution >= 4 is 33.6 Å². The third-order valence-electron chi connectivity index (χ3n) is 10.00. The second-order valence-corrected chi connectivity index (χ2v) is 14.4. The molecule has 0 radical (unpaired) electrons. The number of benzene rings is 2. The Morgan fingerprint density at radius 3 is 2.65 bits per heavy atom. The molecule has 5 heterocycles. The van der Waals surface area contributed by atoms with Crippen molar-refractivity contribution in [2.24, 2.45) is 0 Å². The molecule has 2 aromatic carbocycles. The number of rotatable bonds is 7. The van der Waals surface area contributed by atoms with Gasteiger partial charge in [0.15, 0.2) is 5.82 Å². The molecule has 1 amide bonds. The predicted octanol–water partition coefficient (Wildman–Crippen LogP) is 7.32. The fourth-order valence-corrected chi connectivity index (χ4v) is 7.66. The smallest absolute Gasteiger partial charge is 0.410 e. The van der Waals surface area contributed by atoms with E-state index in [1.165, 1.54) is 12.3 Å². The van der Waals surface area contributed by atoms with E-state index in [1.807, 2.05) is 32.7 Å². The van der Waals surface area contributed by atoms with Gasteiger partial charge in [-0.2, -0.15) is 9.97 Å². The molecule has 3 aliphatic rings. The number of likely N-dealkylation sites (N-methyl/N-ethyl adjacent to an activating group) is 1. The van der Waals surface area contributed by atoms with E-state index in [4.69, 9.17) is 14.5 Å². The minimum Gasteiger partial charge on any atom is -0.461 e. The van der Waals surface area contributed by atoms with Gasteiger partial charge in [0.2, 0.25) is 0 Å². The Hall–Kier alpha value is -4.26. The second kappa shape index (κ2) is 12.6. The number of carbonyl (C=O) groups is 1. The van der Waals surface area contributed by atoms with E-state index in [2.05, 4.69) is 14.9 Å². The summed E-state index contributed by atoms with van der Waals surface area (Å²) in [7, 11) is 1.81. The summed E-state index contributed by atoms with van der Waals surface area (Å²) < 4.78 is 71.4. The lowest BCUT2D eigenvalue weighted by molar-refractivity contribution is 0.0292. The summed E-state index contributed by atoms with van der Waals surface area (Å²) in [6, 6.07) is 9.24. The molecule has 0 N–H and O–H groups in total. The van der Waals surface area contributed by atoms with E-state index in [-0.39, 0.29) is 46.4 Å². The molecule has 0 saturated carbocycles. The number of fused-ring (bicyclic) bond motifs is 3. The molecule has 9 nitrogen and oxygen atoms in total. The van der Waals surface area contributed by atoms with Crippen molar-refractivity contribution < 1.29 is 31.8 Å². The zero-order valence-electron chi connectivity index (χ0n) is 28.1. The van der Waals surface area contributed by atoms with E-state index < -0.39 is 35.6 Å². The van der Waals surface area contributed by atoms with Gasteiger partial charge in [-0.15, -0.1) is 0 Å². The van der Waals surface area contributed by atoms with Crippen LogP contribution in [0.25, 0.3) is 32.9 Å². The topological polar surface area (TPSA) is 83.9 Å². The maximum absolute atomic E-state index is 16.8. The molecule has 3 fully saturated rings. The monoisotopic (exact) mass is 680 g/mol. The van der Waals surface area contributed by atoms with E-state index in [0.29, 0.717) is 49.1 Å². The highest BCUT2D eigenvalue weighted by Gasteiger charge is 2.49. The minimum atomic E-state index is -2.78. The molecule has 260 valence electrons. The van der Waals surface area contributed by atoms with Crippen LogP contribution in [0.1, 0.15) is 58.4 Å². The van der Waals surface area contributed by atoms with Crippen LogP contribution in [0.5, 0.6) is 6.01 Å². The number of amides is 1. The number of pyridine rings is 1. The van der Waals surface area contributed by atoms with Gasteiger partial charge in [-0.05, 0) is 52.0 Å². The molecule has 3 aliphatic heterocycles. The molecular formula is C36H40F4N6O3. The minimum absolute atomic E-state index is 0.0814. The number of aromatic nitrogens is 3. The van der Waals surface area contributed by atoms with E-state index in [0.717, 1.165) is 19.4 Å². The largest absolute Gasteiger partial charge is 0.461 e. The summed E-state index contributed by atoms with van der Waals surface area (Å²) in [5.41, 5.74) is -1.35. The van der Waals surface area contributed by atoms with Crippen molar-refractivity contribution in [2.45, 2.75) is 76.2 Å². The summed E-state index contributed by atoms with van der Waals surface area (Å²) in [4.78, 5) is 32.2. The van der Waals surface area contributed by atoms with Crippen LogP contribution in [0.2, 0.25) is 0 Å². The Morgan fingerprint density at radius 2 is 1.90 bits per heavy atom. The Balaban J connectivity index is 1.30. The van der Waals surface area contributed by atoms with Crippen LogP contribution < -0.4 is 9.64 Å². The van der Waals surface area contributed by atoms with Crippen LogP contribution in [-0.4, -0.2) is 94.0 Å². The Kier molecular flexibility index (Phi) is 8.53. The average molecular weight is 681 g/mol. The first-order valence-corrected chi connectivity index (χ1v) is 16.7. The summed E-state index contributed by atoms with van der Waals surface area (Å²) in [6.07, 6.45) is -0.0612. The normalized spacial score (nSPS) is 22.8. The number of ether oxygens (including phenoxy) is 2. The number of anilines is 1. The van der Waals surface area contributed by atoms with Gasteiger partial charge < -0.3 is 19.3 Å². The lowest BCUT2D eigenvalue weighted by Gasteiger charge is -2.31.